The molecule has 0 aliphatic rings. The van der Waals surface area contributed by atoms with E-state index in [-0.39, 0.29) is 19.4 Å². The predicted octanol–water partition coefficient (Wildman–Crippen LogP) is 12.2. The minimum atomic E-state index is -4.63. The molecule has 0 saturated carbocycles. The smallest absolute Gasteiger partial charge is 0.462 e. The summed E-state index contributed by atoms with van der Waals surface area (Å²) in [7, 11) is -4.63. The van der Waals surface area contributed by atoms with Crippen LogP contribution in [0.1, 0.15) is 168 Å². The second-order valence-corrected chi connectivity index (χ2v) is 16.2. The summed E-state index contributed by atoms with van der Waals surface area (Å²) in [6.07, 6.45) is 51.3. The molecule has 0 spiro atoms. The average molecular weight is 849 g/mol. The monoisotopic (exact) mass is 849 g/mol. The number of carbonyl (C=O) groups is 2. The summed E-state index contributed by atoms with van der Waals surface area (Å²) < 4.78 is 32.7. The molecule has 59 heavy (non-hydrogen) atoms. The second-order valence-electron chi connectivity index (χ2n) is 14.8. The van der Waals surface area contributed by atoms with E-state index >= 15 is 0 Å². The molecule has 0 fully saturated rings. The van der Waals surface area contributed by atoms with E-state index in [0.29, 0.717) is 12.8 Å². The number of ether oxygens (including phenoxy) is 2. The molecule has 10 nitrogen and oxygen atoms in total. The van der Waals surface area contributed by atoms with Crippen molar-refractivity contribution in [3.8, 4) is 0 Å². The van der Waals surface area contributed by atoms with E-state index in [1.807, 2.05) is 36.5 Å². The maximum Gasteiger partial charge on any atom is 0.472 e. The highest BCUT2D eigenvalue weighted by atomic mass is 31.2. The van der Waals surface area contributed by atoms with Crippen LogP contribution in [-0.2, 0) is 32.7 Å². The molecule has 2 unspecified atom stereocenters. The zero-order chi connectivity index (χ0) is 43.3. The molecule has 0 heterocycles. The van der Waals surface area contributed by atoms with E-state index in [0.717, 1.165) is 64.2 Å². The molecule has 0 radical (unpaired) electrons. The van der Waals surface area contributed by atoms with Crippen molar-refractivity contribution in [3.63, 3.8) is 0 Å². The number of carbonyl (C=O) groups excluding carboxylic acids is 2. The average Bonchev–Trinajstić information content (AvgIpc) is 3.22. The maximum absolute atomic E-state index is 12.6. The number of rotatable bonds is 41. The molecular weight excluding hydrogens is 767 g/mol. The lowest BCUT2D eigenvalue weighted by molar-refractivity contribution is -0.161. The summed E-state index contributed by atoms with van der Waals surface area (Å²) in [4.78, 5) is 35.0. The van der Waals surface area contributed by atoms with Crippen LogP contribution in [0.5, 0.6) is 0 Å². The van der Waals surface area contributed by atoms with Crippen LogP contribution in [0.4, 0.5) is 0 Å². The van der Waals surface area contributed by atoms with E-state index in [1.54, 1.807) is 0 Å². The zero-order valence-electron chi connectivity index (χ0n) is 36.7. The maximum atomic E-state index is 12.6. The molecule has 0 aromatic heterocycles. The number of esters is 2. The van der Waals surface area contributed by atoms with Gasteiger partial charge in [-0.25, -0.2) is 4.57 Å². The van der Waals surface area contributed by atoms with Crippen molar-refractivity contribution in [1.29, 1.82) is 0 Å². The zero-order valence-corrected chi connectivity index (χ0v) is 37.6. The van der Waals surface area contributed by atoms with Crippen LogP contribution in [0.3, 0.4) is 0 Å². The number of aliphatic hydroxyl groups is 2. The standard InChI is InChI=1S/C48H81O10P/c1-3-5-7-9-11-13-15-17-18-19-20-21-22-23-24-25-26-28-29-31-33-35-37-39-47(51)55-43-46(44-57-59(53,54)56-42-45(50)41-49)58-48(52)40-38-36-34-32-30-27-16-14-12-10-8-6-4-2/h5-8,10-14,16-18,27,30,45-46,49-50H,3-4,9,15,19-26,28-29,31-44H2,1-2H3,(H,53,54)/b7-5+,8-6+,12-10+,13-11+,16-14+,18-17+,30-27+/t45-,46?/m1/s1. The minimum Gasteiger partial charge on any atom is -0.462 e. The number of unbranched alkanes of at least 4 members (excludes halogenated alkanes) is 16. The van der Waals surface area contributed by atoms with Gasteiger partial charge in [0.05, 0.1) is 19.8 Å². The highest BCUT2D eigenvalue weighted by Gasteiger charge is 2.27. The first kappa shape index (κ1) is 56.1. The molecular formula is C48H81O10P. The lowest BCUT2D eigenvalue weighted by atomic mass is 10.0. The van der Waals surface area contributed by atoms with Crippen molar-refractivity contribution in [3.05, 3.63) is 85.1 Å². The quantitative estimate of drug-likeness (QED) is 0.0178. The third-order valence-electron chi connectivity index (χ3n) is 9.14. The van der Waals surface area contributed by atoms with Gasteiger partial charge in [-0.15, -0.1) is 0 Å². The van der Waals surface area contributed by atoms with Crippen LogP contribution in [0.15, 0.2) is 85.1 Å². The molecule has 3 atom stereocenters. The van der Waals surface area contributed by atoms with Crippen molar-refractivity contribution in [2.75, 3.05) is 26.4 Å². The van der Waals surface area contributed by atoms with Gasteiger partial charge in [0.2, 0.25) is 0 Å². The molecule has 0 rings (SSSR count). The lowest BCUT2D eigenvalue weighted by Gasteiger charge is -2.20. The van der Waals surface area contributed by atoms with Crippen LogP contribution < -0.4 is 0 Å². The Hall–Kier alpha value is -2.85. The van der Waals surface area contributed by atoms with Crippen LogP contribution in [0.2, 0.25) is 0 Å². The van der Waals surface area contributed by atoms with Crippen molar-refractivity contribution < 1.29 is 47.8 Å². The Morgan fingerprint density at radius 2 is 0.966 bits per heavy atom. The fourth-order valence-corrected chi connectivity index (χ4v) is 6.51. The first-order valence-electron chi connectivity index (χ1n) is 22.6. The third-order valence-corrected chi connectivity index (χ3v) is 10.1. The van der Waals surface area contributed by atoms with E-state index in [9.17, 15) is 24.2 Å². The molecule has 0 aromatic carbocycles. The molecule has 0 aliphatic heterocycles. The van der Waals surface area contributed by atoms with Crippen molar-refractivity contribution >= 4 is 19.8 Å². The van der Waals surface area contributed by atoms with Gasteiger partial charge >= 0.3 is 19.8 Å². The molecule has 0 aliphatic carbocycles. The molecule has 338 valence electrons. The summed E-state index contributed by atoms with van der Waals surface area (Å²) in [5.74, 6) is -0.977. The SMILES string of the molecule is CC/C=C/C=C/C=C/C=C/CCCCCC(=O)OC(COC(=O)CCCCCCCCCCCCCCC/C=C/C/C=C/C/C=C/CC)COP(=O)(O)OC[C@H](O)CO. The topological polar surface area (TPSA) is 149 Å². The fourth-order valence-electron chi connectivity index (χ4n) is 5.72. The van der Waals surface area contributed by atoms with Crippen molar-refractivity contribution in [2.45, 2.75) is 180 Å². The van der Waals surface area contributed by atoms with Gasteiger partial charge in [-0.1, -0.05) is 176 Å². The van der Waals surface area contributed by atoms with Gasteiger partial charge < -0.3 is 24.6 Å². The molecule has 0 amide bonds. The predicted molar refractivity (Wildman–Crippen MR) is 242 cm³/mol. The number of hydrogen-bond donors (Lipinski definition) is 3. The Balaban J connectivity index is 4.22. The Morgan fingerprint density at radius 3 is 1.54 bits per heavy atom. The largest absolute Gasteiger partial charge is 0.472 e. The molecule has 11 heteroatoms. The van der Waals surface area contributed by atoms with Gasteiger partial charge in [-0.3, -0.25) is 18.6 Å². The summed E-state index contributed by atoms with van der Waals surface area (Å²) in [6, 6.07) is 0. The van der Waals surface area contributed by atoms with Gasteiger partial charge in [0.25, 0.3) is 0 Å². The number of hydrogen-bond acceptors (Lipinski definition) is 9. The van der Waals surface area contributed by atoms with E-state index < -0.39 is 51.8 Å². The van der Waals surface area contributed by atoms with Gasteiger partial charge in [0, 0.05) is 12.8 Å². The van der Waals surface area contributed by atoms with Crippen LogP contribution >= 0.6 is 7.82 Å². The second kappa shape index (κ2) is 43.2. The van der Waals surface area contributed by atoms with Gasteiger partial charge in [-0.05, 0) is 64.2 Å². The molecule has 0 aromatic rings. The highest BCUT2D eigenvalue weighted by Crippen LogP contribution is 2.43. The summed E-state index contributed by atoms with van der Waals surface area (Å²) in [5, 5.41) is 18.3. The number of phosphoric ester groups is 1. The van der Waals surface area contributed by atoms with E-state index in [2.05, 4.69) is 67.0 Å². The van der Waals surface area contributed by atoms with E-state index in [1.165, 1.54) is 64.2 Å². The minimum absolute atomic E-state index is 0.134. The lowest BCUT2D eigenvalue weighted by Crippen LogP contribution is -2.29. The molecule has 0 bridgehead atoms. The Morgan fingerprint density at radius 1 is 0.525 bits per heavy atom. The Kier molecular flexibility index (Phi) is 41.2. The normalized spacial score (nSPS) is 14.6. The van der Waals surface area contributed by atoms with Gasteiger partial charge in [0.1, 0.15) is 12.7 Å². The first-order chi connectivity index (χ1) is 28.7. The van der Waals surface area contributed by atoms with Crippen LogP contribution in [-0.4, -0.2) is 65.7 Å². The highest BCUT2D eigenvalue weighted by molar-refractivity contribution is 7.47. The Labute approximate surface area is 358 Å². The van der Waals surface area contributed by atoms with Crippen molar-refractivity contribution in [2.24, 2.45) is 0 Å². The third kappa shape index (κ3) is 43.1. The Bertz CT molecular complexity index is 1250. The number of aliphatic hydroxyl groups excluding tert-OH is 2. The fraction of sp³-hybridized carbons (Fsp3) is 0.667. The van der Waals surface area contributed by atoms with Gasteiger partial charge in [0.15, 0.2) is 6.10 Å². The van der Waals surface area contributed by atoms with E-state index in [4.69, 9.17) is 19.1 Å². The van der Waals surface area contributed by atoms with Crippen LogP contribution in [0.25, 0.3) is 0 Å². The summed E-state index contributed by atoms with van der Waals surface area (Å²) >= 11 is 0. The van der Waals surface area contributed by atoms with Crippen molar-refractivity contribution in [1.82, 2.24) is 0 Å². The van der Waals surface area contributed by atoms with Gasteiger partial charge in [-0.2, -0.15) is 0 Å². The van der Waals surface area contributed by atoms with Crippen LogP contribution in [0, 0.1) is 0 Å². The molecule has 0 saturated heterocycles. The molecule has 3 N–H and O–H groups in total. The first-order valence-corrected chi connectivity index (χ1v) is 24.1. The number of phosphoric acid groups is 1. The summed E-state index contributed by atoms with van der Waals surface area (Å²) in [5.41, 5.74) is 0. The number of allylic oxidation sites excluding steroid dienone is 14. The summed E-state index contributed by atoms with van der Waals surface area (Å²) in [6.45, 7) is 2.07.